The number of esters is 2. The lowest BCUT2D eigenvalue weighted by Crippen LogP contribution is -2.22. The molecular weight excluding hydrogens is 232 g/mol. The standard InChI is InChI=1S/C14H16O4/c1-3-7-12(10-13(15)17-2)18-14(16)11-8-5-4-6-9-11/h3-6,8-9,12H,1,7,10H2,2H3/t12-/m1/s1. The van der Waals surface area contributed by atoms with E-state index in [1.54, 1.807) is 30.3 Å². The monoisotopic (exact) mass is 248 g/mol. The van der Waals surface area contributed by atoms with Crippen molar-refractivity contribution in [2.75, 3.05) is 7.11 Å². The van der Waals surface area contributed by atoms with Gasteiger partial charge in [-0.05, 0) is 12.1 Å². The molecule has 0 fully saturated rings. The Morgan fingerprint density at radius 3 is 2.56 bits per heavy atom. The van der Waals surface area contributed by atoms with Crippen LogP contribution in [0.15, 0.2) is 43.0 Å². The molecule has 0 aliphatic rings. The third-order valence-electron chi connectivity index (χ3n) is 2.33. The molecule has 0 heterocycles. The fourth-order valence-corrected chi connectivity index (χ4v) is 1.42. The SMILES string of the molecule is C=CC[C@H](CC(=O)OC)OC(=O)c1ccccc1. The highest BCUT2D eigenvalue weighted by atomic mass is 16.6. The molecule has 0 saturated heterocycles. The summed E-state index contributed by atoms with van der Waals surface area (Å²) in [6.45, 7) is 3.57. The number of benzene rings is 1. The predicted octanol–water partition coefficient (Wildman–Crippen LogP) is 2.35. The highest BCUT2D eigenvalue weighted by Gasteiger charge is 2.18. The van der Waals surface area contributed by atoms with Crippen LogP contribution in [-0.4, -0.2) is 25.2 Å². The maximum atomic E-state index is 11.8. The molecule has 0 bridgehead atoms. The summed E-state index contributed by atoms with van der Waals surface area (Å²) < 4.78 is 9.79. The van der Waals surface area contributed by atoms with Gasteiger partial charge < -0.3 is 9.47 Å². The molecule has 0 aliphatic carbocycles. The molecule has 1 rings (SSSR count). The Morgan fingerprint density at radius 1 is 1.33 bits per heavy atom. The van der Waals surface area contributed by atoms with E-state index < -0.39 is 18.0 Å². The molecule has 0 spiro atoms. The summed E-state index contributed by atoms with van der Waals surface area (Å²) in [5, 5.41) is 0. The summed E-state index contributed by atoms with van der Waals surface area (Å²) >= 11 is 0. The first-order chi connectivity index (χ1) is 8.67. The van der Waals surface area contributed by atoms with E-state index >= 15 is 0 Å². The minimum Gasteiger partial charge on any atom is -0.469 e. The second-order valence-corrected chi connectivity index (χ2v) is 3.70. The summed E-state index contributed by atoms with van der Waals surface area (Å²) in [5.41, 5.74) is 0.455. The summed E-state index contributed by atoms with van der Waals surface area (Å²) in [5.74, 6) is -0.867. The van der Waals surface area contributed by atoms with E-state index in [9.17, 15) is 9.59 Å². The number of carbonyl (C=O) groups is 2. The number of hydrogen-bond acceptors (Lipinski definition) is 4. The molecule has 1 aromatic rings. The zero-order chi connectivity index (χ0) is 13.4. The van der Waals surface area contributed by atoms with Gasteiger partial charge in [-0.15, -0.1) is 6.58 Å². The highest BCUT2D eigenvalue weighted by Crippen LogP contribution is 2.10. The minimum absolute atomic E-state index is 0.0289. The van der Waals surface area contributed by atoms with Gasteiger partial charge in [-0.3, -0.25) is 4.79 Å². The minimum atomic E-state index is -0.539. The third kappa shape index (κ3) is 4.41. The maximum absolute atomic E-state index is 11.8. The number of ether oxygens (including phenoxy) is 2. The topological polar surface area (TPSA) is 52.6 Å². The van der Waals surface area contributed by atoms with Crippen molar-refractivity contribution >= 4 is 11.9 Å². The molecule has 0 saturated carbocycles. The average Bonchev–Trinajstić information content (AvgIpc) is 2.39. The van der Waals surface area contributed by atoms with Gasteiger partial charge in [0.05, 0.1) is 19.1 Å². The fourth-order valence-electron chi connectivity index (χ4n) is 1.42. The molecule has 96 valence electrons. The van der Waals surface area contributed by atoms with Gasteiger partial charge in [0.15, 0.2) is 0 Å². The average molecular weight is 248 g/mol. The van der Waals surface area contributed by atoms with Crippen molar-refractivity contribution in [3.05, 3.63) is 48.6 Å². The van der Waals surface area contributed by atoms with Crippen LogP contribution in [0.3, 0.4) is 0 Å². The zero-order valence-corrected chi connectivity index (χ0v) is 10.3. The van der Waals surface area contributed by atoms with Crippen LogP contribution in [-0.2, 0) is 14.3 Å². The first-order valence-electron chi connectivity index (χ1n) is 5.61. The largest absolute Gasteiger partial charge is 0.469 e. The molecule has 0 aliphatic heterocycles. The summed E-state index contributed by atoms with van der Waals surface area (Å²) in [6.07, 6.45) is 1.50. The quantitative estimate of drug-likeness (QED) is 0.573. The van der Waals surface area contributed by atoms with Crippen LogP contribution in [0.25, 0.3) is 0 Å². The normalized spacial score (nSPS) is 11.4. The molecule has 0 N–H and O–H groups in total. The predicted molar refractivity (Wildman–Crippen MR) is 67.1 cm³/mol. The Balaban J connectivity index is 2.63. The van der Waals surface area contributed by atoms with E-state index in [0.29, 0.717) is 12.0 Å². The van der Waals surface area contributed by atoms with Crippen molar-refractivity contribution in [2.45, 2.75) is 18.9 Å². The van der Waals surface area contributed by atoms with Crippen LogP contribution >= 0.6 is 0 Å². The molecular formula is C14H16O4. The summed E-state index contributed by atoms with van der Waals surface area (Å²) in [7, 11) is 1.30. The lowest BCUT2D eigenvalue weighted by atomic mass is 10.1. The van der Waals surface area contributed by atoms with Gasteiger partial charge in [-0.25, -0.2) is 4.79 Å². The molecule has 18 heavy (non-hydrogen) atoms. The van der Waals surface area contributed by atoms with Crippen LogP contribution in [0.1, 0.15) is 23.2 Å². The Bertz CT molecular complexity index is 411. The number of hydrogen-bond donors (Lipinski definition) is 0. The van der Waals surface area contributed by atoms with Crippen molar-refractivity contribution in [1.82, 2.24) is 0 Å². The molecule has 1 atom stereocenters. The van der Waals surface area contributed by atoms with Crippen molar-refractivity contribution < 1.29 is 19.1 Å². The first kappa shape index (κ1) is 14.0. The lowest BCUT2D eigenvalue weighted by molar-refractivity contribution is -0.142. The van der Waals surface area contributed by atoms with Gasteiger partial charge in [0.1, 0.15) is 6.10 Å². The fraction of sp³-hybridized carbons (Fsp3) is 0.286. The van der Waals surface area contributed by atoms with E-state index in [1.807, 2.05) is 6.07 Å². The number of methoxy groups -OCH3 is 1. The Kier molecular flexibility index (Phi) is 5.64. The van der Waals surface area contributed by atoms with Crippen LogP contribution < -0.4 is 0 Å². The van der Waals surface area contributed by atoms with E-state index in [4.69, 9.17) is 4.74 Å². The van der Waals surface area contributed by atoms with E-state index in [0.717, 1.165) is 0 Å². The smallest absolute Gasteiger partial charge is 0.338 e. The Morgan fingerprint density at radius 2 is 2.00 bits per heavy atom. The van der Waals surface area contributed by atoms with Crippen molar-refractivity contribution in [1.29, 1.82) is 0 Å². The molecule has 0 aromatic heterocycles. The van der Waals surface area contributed by atoms with Crippen LogP contribution in [0.5, 0.6) is 0 Å². The van der Waals surface area contributed by atoms with Crippen LogP contribution in [0.4, 0.5) is 0 Å². The molecule has 0 radical (unpaired) electrons. The third-order valence-corrected chi connectivity index (χ3v) is 2.33. The Labute approximate surface area is 106 Å². The van der Waals surface area contributed by atoms with E-state index in [2.05, 4.69) is 11.3 Å². The molecule has 1 aromatic carbocycles. The van der Waals surface area contributed by atoms with E-state index in [1.165, 1.54) is 7.11 Å². The first-order valence-corrected chi connectivity index (χ1v) is 5.61. The molecule has 0 unspecified atom stereocenters. The summed E-state index contributed by atoms with van der Waals surface area (Å²) in [4.78, 5) is 23.0. The van der Waals surface area contributed by atoms with Gasteiger partial charge in [-0.1, -0.05) is 24.3 Å². The number of carbonyl (C=O) groups excluding carboxylic acids is 2. The van der Waals surface area contributed by atoms with Gasteiger partial charge in [0, 0.05) is 6.42 Å². The highest BCUT2D eigenvalue weighted by molar-refractivity contribution is 5.89. The molecule has 0 amide bonds. The van der Waals surface area contributed by atoms with Gasteiger partial charge in [-0.2, -0.15) is 0 Å². The van der Waals surface area contributed by atoms with Gasteiger partial charge in [0.25, 0.3) is 0 Å². The van der Waals surface area contributed by atoms with Gasteiger partial charge in [0.2, 0.25) is 0 Å². The second-order valence-electron chi connectivity index (χ2n) is 3.70. The Hall–Kier alpha value is -2.10. The van der Waals surface area contributed by atoms with Gasteiger partial charge >= 0.3 is 11.9 Å². The second kappa shape index (κ2) is 7.27. The summed E-state index contributed by atoms with van der Waals surface area (Å²) in [6, 6.07) is 8.63. The molecule has 4 heteroatoms. The van der Waals surface area contributed by atoms with Crippen molar-refractivity contribution in [3.8, 4) is 0 Å². The van der Waals surface area contributed by atoms with Crippen molar-refractivity contribution in [3.63, 3.8) is 0 Å². The maximum Gasteiger partial charge on any atom is 0.338 e. The molecule has 4 nitrogen and oxygen atoms in total. The van der Waals surface area contributed by atoms with Crippen molar-refractivity contribution in [2.24, 2.45) is 0 Å². The number of rotatable bonds is 6. The van der Waals surface area contributed by atoms with Crippen LogP contribution in [0.2, 0.25) is 0 Å². The zero-order valence-electron chi connectivity index (χ0n) is 10.3. The van der Waals surface area contributed by atoms with Crippen LogP contribution in [0, 0.1) is 0 Å². The van der Waals surface area contributed by atoms with E-state index in [-0.39, 0.29) is 6.42 Å². The lowest BCUT2D eigenvalue weighted by Gasteiger charge is -2.15.